The van der Waals surface area contributed by atoms with Gasteiger partial charge in [0.2, 0.25) is 0 Å². The average Bonchev–Trinajstić information content (AvgIpc) is 2.20. The van der Waals surface area contributed by atoms with E-state index in [4.69, 9.17) is 11.6 Å². The first-order valence-corrected chi connectivity index (χ1v) is 6.27. The van der Waals surface area contributed by atoms with Crippen molar-refractivity contribution in [2.75, 3.05) is 12.4 Å². The fourth-order valence-electron chi connectivity index (χ4n) is 1.23. The quantitative estimate of drug-likeness (QED) is 0.623. The Labute approximate surface area is 103 Å². The molecule has 0 saturated carbocycles. The van der Waals surface area contributed by atoms with Crippen molar-refractivity contribution >= 4 is 27.5 Å². The van der Waals surface area contributed by atoms with E-state index in [9.17, 15) is 4.39 Å². The van der Waals surface area contributed by atoms with E-state index in [1.165, 1.54) is 12.1 Å². The Morgan fingerprint density at radius 1 is 1.33 bits per heavy atom. The fraction of sp³-hybridized carbons (Fsp3) is 0.455. The molecular formula is C11H14BrClFN. The number of alkyl halides is 1. The lowest BCUT2D eigenvalue weighted by molar-refractivity contribution is 0.620. The van der Waals surface area contributed by atoms with Crippen LogP contribution in [0.15, 0.2) is 22.7 Å². The molecule has 84 valence electrons. The maximum absolute atomic E-state index is 12.8. The molecule has 0 heterocycles. The Morgan fingerprint density at radius 2 is 2.13 bits per heavy atom. The molecule has 0 aliphatic rings. The summed E-state index contributed by atoms with van der Waals surface area (Å²) in [6.45, 7) is 1.69. The van der Waals surface area contributed by atoms with Gasteiger partial charge in [0.1, 0.15) is 5.82 Å². The van der Waals surface area contributed by atoms with Crippen molar-refractivity contribution in [3.63, 3.8) is 0 Å². The first-order chi connectivity index (χ1) is 7.24. The first-order valence-electron chi connectivity index (χ1n) is 4.94. The molecule has 0 bridgehead atoms. The summed E-state index contributed by atoms with van der Waals surface area (Å²) in [6, 6.07) is 4.74. The number of rotatable bonds is 6. The zero-order valence-electron chi connectivity index (χ0n) is 8.40. The smallest absolute Gasteiger partial charge is 0.124 e. The van der Waals surface area contributed by atoms with Crippen LogP contribution >= 0.6 is 27.5 Å². The van der Waals surface area contributed by atoms with E-state index in [1.807, 2.05) is 0 Å². The van der Waals surface area contributed by atoms with Gasteiger partial charge in [0.05, 0.1) is 0 Å². The molecule has 1 rings (SSSR count). The maximum atomic E-state index is 12.8. The van der Waals surface area contributed by atoms with Gasteiger partial charge in [-0.25, -0.2) is 4.39 Å². The summed E-state index contributed by atoms with van der Waals surface area (Å²) in [4.78, 5) is 0. The Hall–Kier alpha value is -0.120. The van der Waals surface area contributed by atoms with Crippen LogP contribution in [0.2, 0.25) is 0 Å². The predicted octanol–water partition coefficient (Wildman–Crippen LogP) is 3.70. The van der Waals surface area contributed by atoms with Crippen LogP contribution in [0.5, 0.6) is 0 Å². The summed E-state index contributed by atoms with van der Waals surface area (Å²) in [7, 11) is 0. The molecule has 0 aliphatic carbocycles. The van der Waals surface area contributed by atoms with Crippen molar-refractivity contribution in [3.05, 3.63) is 34.1 Å². The van der Waals surface area contributed by atoms with Crippen LogP contribution in [0.1, 0.15) is 18.4 Å². The highest BCUT2D eigenvalue weighted by molar-refractivity contribution is 9.10. The Balaban J connectivity index is 2.31. The van der Waals surface area contributed by atoms with Crippen molar-refractivity contribution in [1.82, 2.24) is 5.32 Å². The van der Waals surface area contributed by atoms with Gasteiger partial charge in [-0.15, -0.1) is 11.6 Å². The number of unbranched alkanes of at least 4 members (excludes halogenated alkanes) is 1. The SMILES string of the molecule is Fc1ccc(CNCCCCCl)c(Br)c1. The van der Waals surface area contributed by atoms with Gasteiger partial charge < -0.3 is 5.32 Å². The highest BCUT2D eigenvalue weighted by Gasteiger charge is 2.00. The number of nitrogens with one attached hydrogen (secondary N) is 1. The predicted molar refractivity (Wildman–Crippen MR) is 65.8 cm³/mol. The number of benzene rings is 1. The van der Waals surface area contributed by atoms with E-state index in [-0.39, 0.29) is 5.82 Å². The molecule has 0 fully saturated rings. The number of halogens is 3. The van der Waals surface area contributed by atoms with Gasteiger partial charge in [-0.05, 0) is 37.1 Å². The lowest BCUT2D eigenvalue weighted by Crippen LogP contribution is -2.15. The lowest BCUT2D eigenvalue weighted by Gasteiger charge is -2.06. The standard InChI is InChI=1S/C11H14BrClFN/c12-11-7-10(14)4-3-9(11)8-15-6-2-1-5-13/h3-4,7,15H,1-2,5-6,8H2. The summed E-state index contributed by atoms with van der Waals surface area (Å²) < 4.78 is 13.6. The second-order valence-electron chi connectivity index (χ2n) is 3.31. The van der Waals surface area contributed by atoms with E-state index in [2.05, 4.69) is 21.2 Å². The van der Waals surface area contributed by atoms with Gasteiger partial charge >= 0.3 is 0 Å². The molecule has 4 heteroatoms. The summed E-state index contributed by atoms with van der Waals surface area (Å²) in [5.74, 6) is 0.495. The maximum Gasteiger partial charge on any atom is 0.124 e. The topological polar surface area (TPSA) is 12.0 Å². The highest BCUT2D eigenvalue weighted by atomic mass is 79.9. The fourth-order valence-corrected chi connectivity index (χ4v) is 1.91. The summed E-state index contributed by atoms with van der Waals surface area (Å²) >= 11 is 8.89. The molecule has 0 aliphatic heterocycles. The molecule has 1 N–H and O–H groups in total. The lowest BCUT2D eigenvalue weighted by atomic mass is 10.2. The summed E-state index contributed by atoms with van der Waals surface area (Å²) in [5, 5.41) is 3.29. The Morgan fingerprint density at radius 3 is 2.80 bits per heavy atom. The van der Waals surface area contributed by atoms with Gasteiger partial charge in [0.15, 0.2) is 0 Å². The molecule has 0 unspecified atom stereocenters. The number of hydrogen-bond donors (Lipinski definition) is 1. The van der Waals surface area contributed by atoms with Gasteiger partial charge in [-0.1, -0.05) is 22.0 Å². The first kappa shape index (κ1) is 12.9. The van der Waals surface area contributed by atoms with E-state index in [1.54, 1.807) is 6.07 Å². The Bertz CT molecular complexity index is 307. The largest absolute Gasteiger partial charge is 0.313 e. The van der Waals surface area contributed by atoms with Crippen molar-refractivity contribution in [3.8, 4) is 0 Å². The van der Waals surface area contributed by atoms with Gasteiger partial charge in [-0.3, -0.25) is 0 Å². The minimum Gasteiger partial charge on any atom is -0.313 e. The summed E-state index contributed by atoms with van der Waals surface area (Å²) in [6.07, 6.45) is 2.10. The van der Waals surface area contributed by atoms with Crippen LogP contribution in [0.3, 0.4) is 0 Å². The second-order valence-corrected chi connectivity index (χ2v) is 4.54. The molecule has 0 atom stereocenters. The van der Waals surface area contributed by atoms with Crippen molar-refractivity contribution < 1.29 is 4.39 Å². The van der Waals surface area contributed by atoms with Crippen molar-refractivity contribution in [2.24, 2.45) is 0 Å². The van der Waals surface area contributed by atoms with Crippen molar-refractivity contribution in [1.29, 1.82) is 0 Å². The second kappa shape index (κ2) is 7.20. The molecule has 1 nitrogen and oxygen atoms in total. The Kier molecular flexibility index (Phi) is 6.22. The van der Waals surface area contributed by atoms with Crippen LogP contribution in [-0.4, -0.2) is 12.4 Å². The third-order valence-corrected chi connectivity index (χ3v) is 3.07. The highest BCUT2D eigenvalue weighted by Crippen LogP contribution is 2.17. The third kappa shape index (κ3) is 4.96. The van der Waals surface area contributed by atoms with Crippen LogP contribution in [0.4, 0.5) is 4.39 Å². The molecule has 0 radical (unpaired) electrons. The molecule has 15 heavy (non-hydrogen) atoms. The summed E-state index contributed by atoms with van der Waals surface area (Å²) in [5.41, 5.74) is 1.07. The zero-order valence-corrected chi connectivity index (χ0v) is 10.7. The van der Waals surface area contributed by atoms with Crippen molar-refractivity contribution in [2.45, 2.75) is 19.4 Å². The van der Waals surface area contributed by atoms with Gasteiger partial charge in [-0.2, -0.15) is 0 Å². The molecule has 1 aromatic rings. The van der Waals surface area contributed by atoms with Crippen LogP contribution < -0.4 is 5.32 Å². The van der Waals surface area contributed by atoms with E-state index < -0.39 is 0 Å². The van der Waals surface area contributed by atoms with Gasteiger partial charge in [0, 0.05) is 16.9 Å². The number of hydrogen-bond acceptors (Lipinski definition) is 1. The molecule has 0 spiro atoms. The third-order valence-electron chi connectivity index (χ3n) is 2.07. The minimum atomic E-state index is -0.215. The van der Waals surface area contributed by atoms with E-state index in [0.29, 0.717) is 5.88 Å². The minimum absolute atomic E-state index is 0.215. The normalized spacial score (nSPS) is 10.6. The van der Waals surface area contributed by atoms with Crippen LogP contribution in [0, 0.1) is 5.82 Å². The van der Waals surface area contributed by atoms with E-state index in [0.717, 1.165) is 36.0 Å². The van der Waals surface area contributed by atoms with Gasteiger partial charge in [0.25, 0.3) is 0 Å². The van der Waals surface area contributed by atoms with E-state index >= 15 is 0 Å². The molecule has 1 aromatic carbocycles. The zero-order chi connectivity index (χ0) is 11.1. The molecular weight excluding hydrogens is 280 g/mol. The average molecular weight is 295 g/mol. The monoisotopic (exact) mass is 293 g/mol. The van der Waals surface area contributed by atoms with Crippen LogP contribution in [-0.2, 0) is 6.54 Å². The molecule has 0 aromatic heterocycles. The van der Waals surface area contributed by atoms with Crippen LogP contribution in [0.25, 0.3) is 0 Å². The molecule has 0 amide bonds. The molecule has 0 saturated heterocycles.